The first-order valence-corrected chi connectivity index (χ1v) is 11.9. The lowest BCUT2D eigenvalue weighted by Gasteiger charge is -2.15. The van der Waals surface area contributed by atoms with E-state index in [0.717, 1.165) is 31.2 Å². The molecule has 0 unspecified atom stereocenters. The molecule has 1 N–H and O–H groups in total. The molecule has 8 heteroatoms. The number of carbonyl (C=O) groups is 2. The molecule has 0 radical (unpaired) electrons. The summed E-state index contributed by atoms with van der Waals surface area (Å²) in [5.74, 6) is -0.828. The molecule has 3 rings (SSSR count). The third-order valence-corrected chi connectivity index (χ3v) is 6.14. The average Bonchev–Trinajstić information content (AvgIpc) is 3.18. The van der Waals surface area contributed by atoms with Gasteiger partial charge in [0.05, 0.1) is 17.7 Å². The Morgan fingerprint density at radius 3 is 2.53 bits per heavy atom. The number of rotatable bonds is 9. The Hall–Kier alpha value is -3.00. The zero-order valence-corrected chi connectivity index (χ0v) is 19.8. The number of fused-ring (bicyclic) bond motifs is 1. The molecule has 0 spiro atoms. The topological polar surface area (TPSA) is 90.3 Å². The molecule has 0 saturated heterocycles. The minimum atomic E-state index is -0.607. The summed E-state index contributed by atoms with van der Waals surface area (Å²) in [6.45, 7) is 7.92. The van der Waals surface area contributed by atoms with Gasteiger partial charge in [0.15, 0.2) is 5.69 Å². The summed E-state index contributed by atoms with van der Waals surface area (Å²) in [4.78, 5) is 39.1. The number of benzene rings is 1. The number of anilines is 1. The zero-order chi connectivity index (χ0) is 23.3. The number of hydrogen-bond donors (Lipinski definition) is 1. The minimum Gasteiger partial charge on any atom is -0.461 e. The highest BCUT2D eigenvalue weighted by Crippen LogP contribution is 2.31. The van der Waals surface area contributed by atoms with Crippen LogP contribution in [0, 0.1) is 12.8 Å². The number of amides is 1. The fourth-order valence-electron chi connectivity index (χ4n) is 3.74. The van der Waals surface area contributed by atoms with E-state index < -0.39 is 11.5 Å². The van der Waals surface area contributed by atoms with Crippen molar-refractivity contribution in [2.75, 3.05) is 11.9 Å². The Morgan fingerprint density at radius 1 is 1.19 bits per heavy atom. The molecule has 2 aromatic heterocycles. The van der Waals surface area contributed by atoms with Crippen molar-refractivity contribution in [3.05, 3.63) is 51.3 Å². The van der Waals surface area contributed by atoms with Gasteiger partial charge in [0, 0.05) is 16.7 Å². The van der Waals surface area contributed by atoms with Crippen LogP contribution in [-0.4, -0.2) is 28.3 Å². The Balaban J connectivity index is 2.17. The highest BCUT2D eigenvalue weighted by molar-refractivity contribution is 7.16. The van der Waals surface area contributed by atoms with Gasteiger partial charge in [-0.3, -0.25) is 9.59 Å². The number of nitrogens with one attached hydrogen (secondary N) is 1. The Labute approximate surface area is 191 Å². The van der Waals surface area contributed by atoms with Gasteiger partial charge in [0.1, 0.15) is 5.00 Å². The molecule has 3 aromatic rings. The van der Waals surface area contributed by atoms with Crippen LogP contribution in [0.25, 0.3) is 16.5 Å². The van der Waals surface area contributed by atoms with E-state index in [1.165, 1.54) is 16.0 Å². The first-order valence-electron chi connectivity index (χ1n) is 11.0. The van der Waals surface area contributed by atoms with Gasteiger partial charge in [-0.25, -0.2) is 4.79 Å². The molecular weight excluding hydrogens is 426 g/mol. The lowest BCUT2D eigenvalue weighted by Crippen LogP contribution is -2.27. The summed E-state index contributed by atoms with van der Waals surface area (Å²) < 4.78 is 6.39. The van der Waals surface area contributed by atoms with Crippen LogP contribution < -0.4 is 10.9 Å². The summed E-state index contributed by atoms with van der Waals surface area (Å²) in [6.07, 6.45) is 3.37. The predicted molar refractivity (Wildman–Crippen MR) is 128 cm³/mol. The van der Waals surface area contributed by atoms with Gasteiger partial charge in [-0.05, 0) is 44.4 Å². The maximum Gasteiger partial charge on any atom is 0.359 e. The van der Waals surface area contributed by atoms with E-state index in [9.17, 15) is 14.4 Å². The van der Waals surface area contributed by atoms with Crippen LogP contribution in [0.15, 0.2) is 34.4 Å². The molecule has 1 aromatic carbocycles. The van der Waals surface area contributed by atoms with E-state index in [1.54, 1.807) is 18.4 Å². The van der Waals surface area contributed by atoms with E-state index in [0.29, 0.717) is 16.1 Å². The number of carbonyl (C=O) groups excluding carboxylic acids is 2. The maximum atomic E-state index is 13.5. The number of esters is 1. The first-order chi connectivity index (χ1) is 15.4. The van der Waals surface area contributed by atoms with Crippen molar-refractivity contribution in [1.82, 2.24) is 9.78 Å². The summed E-state index contributed by atoms with van der Waals surface area (Å²) in [5, 5.41) is 10.1. The van der Waals surface area contributed by atoms with Crippen molar-refractivity contribution in [3.63, 3.8) is 0 Å². The number of hydrogen-bond acceptors (Lipinski definition) is 6. The van der Waals surface area contributed by atoms with Crippen molar-refractivity contribution >= 4 is 39.0 Å². The molecule has 0 bridgehead atoms. The van der Waals surface area contributed by atoms with Crippen LogP contribution >= 0.6 is 11.3 Å². The van der Waals surface area contributed by atoms with Crippen molar-refractivity contribution in [3.8, 4) is 5.69 Å². The van der Waals surface area contributed by atoms with Crippen LogP contribution in [0.1, 0.15) is 62.5 Å². The molecule has 0 aliphatic rings. The minimum absolute atomic E-state index is 0.0540. The standard InChI is InChI=1S/C24H29N3O4S/c1-5-9-16(10-6-2)21(28)25-22-19-18(14-32-22)20(24(30)31-7-3)26-27(23(19)29)17-12-8-11-15(4)13-17/h8,11-14,16H,5-7,9-10H2,1-4H3,(H,25,28). The van der Waals surface area contributed by atoms with E-state index in [1.807, 2.05) is 39.0 Å². The zero-order valence-electron chi connectivity index (χ0n) is 18.9. The molecule has 1 amide bonds. The highest BCUT2D eigenvalue weighted by Gasteiger charge is 2.24. The number of nitrogens with zero attached hydrogens (tertiary/aromatic N) is 2. The number of aryl methyl sites for hydroxylation is 1. The SMILES string of the molecule is CCCC(CCC)C(=O)Nc1scc2c(C(=O)OCC)nn(-c3cccc(C)c3)c(=O)c12. The van der Waals surface area contributed by atoms with Crippen molar-refractivity contribution in [2.24, 2.45) is 5.92 Å². The van der Waals surface area contributed by atoms with Crippen LogP contribution in [0.4, 0.5) is 5.00 Å². The molecule has 32 heavy (non-hydrogen) atoms. The molecule has 0 saturated carbocycles. The van der Waals surface area contributed by atoms with E-state index in [-0.39, 0.29) is 29.5 Å². The van der Waals surface area contributed by atoms with Crippen molar-refractivity contribution in [2.45, 2.75) is 53.4 Å². The van der Waals surface area contributed by atoms with Crippen LogP contribution in [0.3, 0.4) is 0 Å². The summed E-state index contributed by atoms with van der Waals surface area (Å²) in [5.41, 5.74) is 1.16. The first kappa shape index (κ1) is 23.7. The summed E-state index contributed by atoms with van der Waals surface area (Å²) in [7, 11) is 0. The number of thiophene rings is 1. The molecule has 0 atom stereocenters. The quantitative estimate of drug-likeness (QED) is 0.454. The third-order valence-electron chi connectivity index (χ3n) is 5.25. The number of aromatic nitrogens is 2. The molecule has 0 aliphatic heterocycles. The maximum absolute atomic E-state index is 13.5. The number of ether oxygens (including phenoxy) is 1. The molecule has 7 nitrogen and oxygen atoms in total. The molecule has 170 valence electrons. The van der Waals surface area contributed by atoms with Crippen molar-refractivity contribution < 1.29 is 14.3 Å². The lowest BCUT2D eigenvalue weighted by molar-refractivity contribution is -0.120. The summed E-state index contributed by atoms with van der Waals surface area (Å²) in [6, 6.07) is 7.31. The Kier molecular flexibility index (Phi) is 7.80. The van der Waals surface area contributed by atoms with Gasteiger partial charge in [0.25, 0.3) is 5.56 Å². The molecule has 2 heterocycles. The van der Waals surface area contributed by atoms with Gasteiger partial charge in [-0.15, -0.1) is 11.3 Å². The van der Waals surface area contributed by atoms with E-state index in [2.05, 4.69) is 10.4 Å². The second kappa shape index (κ2) is 10.5. The van der Waals surface area contributed by atoms with Crippen LogP contribution in [-0.2, 0) is 9.53 Å². The monoisotopic (exact) mass is 455 g/mol. The fourth-order valence-corrected chi connectivity index (χ4v) is 4.68. The van der Waals surface area contributed by atoms with E-state index in [4.69, 9.17) is 4.74 Å². The van der Waals surface area contributed by atoms with Crippen LogP contribution in [0.5, 0.6) is 0 Å². The fraction of sp³-hybridized carbons (Fsp3) is 0.417. The molecule has 0 aliphatic carbocycles. The van der Waals surface area contributed by atoms with Gasteiger partial charge >= 0.3 is 5.97 Å². The van der Waals surface area contributed by atoms with Crippen LogP contribution in [0.2, 0.25) is 0 Å². The third kappa shape index (κ3) is 4.91. The second-order valence-electron chi connectivity index (χ2n) is 7.74. The summed E-state index contributed by atoms with van der Waals surface area (Å²) >= 11 is 1.22. The van der Waals surface area contributed by atoms with Crippen molar-refractivity contribution in [1.29, 1.82) is 0 Å². The lowest BCUT2D eigenvalue weighted by atomic mass is 9.97. The van der Waals surface area contributed by atoms with Gasteiger partial charge in [-0.2, -0.15) is 9.78 Å². The van der Waals surface area contributed by atoms with E-state index >= 15 is 0 Å². The normalized spacial score (nSPS) is 11.2. The Morgan fingerprint density at radius 2 is 1.91 bits per heavy atom. The van der Waals surface area contributed by atoms with Gasteiger partial charge < -0.3 is 10.1 Å². The largest absolute Gasteiger partial charge is 0.461 e. The molecule has 0 fully saturated rings. The second-order valence-corrected chi connectivity index (χ2v) is 8.62. The Bertz CT molecular complexity index is 1180. The van der Waals surface area contributed by atoms with Gasteiger partial charge in [0.2, 0.25) is 5.91 Å². The average molecular weight is 456 g/mol. The van der Waals surface area contributed by atoms with Gasteiger partial charge in [-0.1, -0.05) is 38.8 Å². The molecular formula is C24H29N3O4S. The predicted octanol–water partition coefficient (Wildman–Crippen LogP) is 5.09. The smallest absolute Gasteiger partial charge is 0.359 e. The highest BCUT2D eigenvalue weighted by atomic mass is 32.1.